The molecule has 2 aromatic carbocycles. The van der Waals surface area contributed by atoms with E-state index in [9.17, 15) is 4.79 Å². The summed E-state index contributed by atoms with van der Waals surface area (Å²) >= 11 is 1.67. The van der Waals surface area contributed by atoms with Crippen molar-refractivity contribution >= 4 is 23.4 Å². The fraction of sp³-hybridized carbons (Fsp3) is 0.381. The number of anilines is 1. The van der Waals surface area contributed by atoms with Crippen LogP contribution >= 0.6 is 11.8 Å². The number of hydrogen-bond donors (Lipinski definition) is 1. The average Bonchev–Trinajstić information content (AvgIpc) is 3.15. The molecule has 1 unspecified atom stereocenters. The zero-order valence-electron chi connectivity index (χ0n) is 15.4. The lowest BCUT2D eigenvalue weighted by Crippen LogP contribution is -2.33. The molecule has 0 saturated carbocycles. The molecule has 2 heterocycles. The average molecular weight is 385 g/mol. The minimum Gasteiger partial charge on any atom is -0.486 e. The van der Waals surface area contributed by atoms with Gasteiger partial charge in [0.05, 0.1) is 6.54 Å². The summed E-state index contributed by atoms with van der Waals surface area (Å²) in [6.45, 7) is 2.50. The third kappa shape index (κ3) is 4.22. The minimum atomic E-state index is 0.0256. The second-order valence-electron chi connectivity index (χ2n) is 6.81. The molecule has 4 rings (SSSR count). The highest BCUT2D eigenvalue weighted by Crippen LogP contribution is 2.37. The van der Waals surface area contributed by atoms with Crippen molar-refractivity contribution in [1.82, 2.24) is 4.90 Å². The Bertz CT molecular complexity index is 827. The van der Waals surface area contributed by atoms with Crippen LogP contribution in [0.1, 0.15) is 24.4 Å². The molecule has 0 aromatic heterocycles. The van der Waals surface area contributed by atoms with E-state index in [1.165, 1.54) is 5.56 Å². The van der Waals surface area contributed by atoms with Crippen LogP contribution < -0.4 is 14.8 Å². The van der Waals surface area contributed by atoms with Crippen molar-refractivity contribution in [2.45, 2.75) is 23.8 Å². The molecular formula is C21H24N2O3S. The third-order valence-electron chi connectivity index (χ3n) is 5.01. The van der Waals surface area contributed by atoms with Crippen LogP contribution in [0, 0.1) is 0 Å². The number of likely N-dealkylation sites (tertiary alicyclic amines) is 1. The maximum atomic E-state index is 12.6. The normalized spacial score (nSPS) is 19.1. The van der Waals surface area contributed by atoms with E-state index in [1.807, 2.05) is 36.6 Å². The predicted molar refractivity (Wildman–Crippen MR) is 108 cm³/mol. The lowest BCUT2D eigenvalue weighted by Gasteiger charge is -2.26. The lowest BCUT2D eigenvalue weighted by molar-refractivity contribution is -0.117. The molecule has 2 aliphatic heterocycles. The van der Waals surface area contributed by atoms with Crippen molar-refractivity contribution in [3.63, 3.8) is 0 Å². The van der Waals surface area contributed by atoms with Crippen LogP contribution in [-0.4, -0.2) is 43.4 Å². The molecule has 5 nitrogen and oxygen atoms in total. The van der Waals surface area contributed by atoms with Crippen LogP contribution in [0.3, 0.4) is 0 Å². The molecule has 6 heteroatoms. The number of amides is 1. The number of fused-ring (bicyclic) bond motifs is 1. The van der Waals surface area contributed by atoms with Crippen molar-refractivity contribution in [2.75, 3.05) is 37.9 Å². The van der Waals surface area contributed by atoms with Crippen molar-refractivity contribution in [3.05, 3.63) is 48.0 Å². The molecule has 0 bridgehead atoms. The van der Waals surface area contributed by atoms with Gasteiger partial charge in [0.2, 0.25) is 5.91 Å². The van der Waals surface area contributed by atoms with E-state index in [1.54, 1.807) is 11.8 Å². The second kappa shape index (κ2) is 8.23. The Labute approximate surface area is 164 Å². The first-order valence-corrected chi connectivity index (χ1v) is 10.5. The Morgan fingerprint density at radius 2 is 2.04 bits per heavy atom. The molecule has 2 aliphatic rings. The summed E-state index contributed by atoms with van der Waals surface area (Å²) in [5.74, 6) is 1.64. The van der Waals surface area contributed by atoms with Crippen molar-refractivity contribution in [2.24, 2.45) is 0 Å². The number of hydrogen-bond acceptors (Lipinski definition) is 5. The van der Waals surface area contributed by atoms with Crippen LogP contribution in [0.5, 0.6) is 11.5 Å². The summed E-state index contributed by atoms with van der Waals surface area (Å²) in [6, 6.07) is 14.3. The van der Waals surface area contributed by atoms with E-state index in [4.69, 9.17) is 9.47 Å². The van der Waals surface area contributed by atoms with Crippen molar-refractivity contribution in [1.29, 1.82) is 0 Å². The smallest absolute Gasteiger partial charge is 0.238 e. The summed E-state index contributed by atoms with van der Waals surface area (Å²) in [6.07, 6.45) is 4.17. The molecule has 1 fully saturated rings. The van der Waals surface area contributed by atoms with E-state index < -0.39 is 0 Å². The van der Waals surface area contributed by atoms with E-state index in [-0.39, 0.29) is 11.9 Å². The quantitative estimate of drug-likeness (QED) is 0.791. The highest BCUT2D eigenvalue weighted by Gasteiger charge is 2.28. The Morgan fingerprint density at radius 3 is 2.89 bits per heavy atom. The number of rotatable bonds is 5. The first kappa shape index (κ1) is 18.2. The zero-order chi connectivity index (χ0) is 18.6. The molecule has 1 saturated heterocycles. The van der Waals surface area contributed by atoms with Gasteiger partial charge in [-0.15, -0.1) is 11.8 Å². The van der Waals surface area contributed by atoms with Gasteiger partial charge in [-0.25, -0.2) is 0 Å². The molecule has 2 aromatic rings. The molecule has 0 spiro atoms. The number of nitrogens with zero attached hydrogens (tertiary/aromatic N) is 1. The highest BCUT2D eigenvalue weighted by atomic mass is 32.2. The summed E-state index contributed by atoms with van der Waals surface area (Å²) in [5.41, 5.74) is 2.04. The van der Waals surface area contributed by atoms with E-state index in [2.05, 4.69) is 22.3 Å². The number of ether oxygens (including phenoxy) is 2. The fourth-order valence-corrected chi connectivity index (χ4v) is 4.21. The molecule has 0 radical (unpaired) electrons. The number of carbonyl (C=O) groups is 1. The lowest BCUT2D eigenvalue weighted by atomic mass is 10.0. The SMILES string of the molecule is CSc1cccc(NC(=O)CN2CCCC2c2ccc3c(c2)OCCO3)c1. The maximum absolute atomic E-state index is 12.6. The Morgan fingerprint density at radius 1 is 1.19 bits per heavy atom. The predicted octanol–water partition coefficient (Wildman–Crippen LogP) is 3.96. The van der Waals surface area contributed by atoms with E-state index in [0.29, 0.717) is 19.8 Å². The van der Waals surface area contributed by atoms with Crippen molar-refractivity contribution in [3.8, 4) is 11.5 Å². The van der Waals surface area contributed by atoms with Gasteiger partial charge in [0, 0.05) is 16.6 Å². The number of benzene rings is 2. The molecular weight excluding hydrogens is 360 g/mol. The molecule has 1 atom stereocenters. The Hall–Kier alpha value is -2.18. The Kier molecular flexibility index (Phi) is 5.55. The number of carbonyl (C=O) groups excluding carboxylic acids is 1. The summed E-state index contributed by atoms with van der Waals surface area (Å²) in [5, 5.41) is 3.03. The summed E-state index contributed by atoms with van der Waals surface area (Å²) < 4.78 is 11.3. The van der Waals surface area contributed by atoms with Crippen LogP contribution in [0.4, 0.5) is 5.69 Å². The Balaban J connectivity index is 1.43. The molecule has 0 aliphatic carbocycles. The number of nitrogens with one attached hydrogen (secondary N) is 1. The molecule has 27 heavy (non-hydrogen) atoms. The van der Waals surface area contributed by atoms with Gasteiger partial charge in [-0.05, 0) is 61.5 Å². The van der Waals surface area contributed by atoms with Crippen LogP contribution in [0.15, 0.2) is 47.4 Å². The second-order valence-corrected chi connectivity index (χ2v) is 7.69. The van der Waals surface area contributed by atoms with Gasteiger partial charge in [-0.1, -0.05) is 12.1 Å². The molecule has 142 valence electrons. The molecule has 1 amide bonds. The van der Waals surface area contributed by atoms with E-state index >= 15 is 0 Å². The monoisotopic (exact) mass is 384 g/mol. The zero-order valence-corrected chi connectivity index (χ0v) is 16.3. The first-order valence-electron chi connectivity index (χ1n) is 9.30. The van der Waals surface area contributed by atoms with Gasteiger partial charge in [0.15, 0.2) is 11.5 Å². The van der Waals surface area contributed by atoms with Gasteiger partial charge in [-0.3, -0.25) is 9.69 Å². The first-order chi connectivity index (χ1) is 13.2. The topological polar surface area (TPSA) is 50.8 Å². The van der Waals surface area contributed by atoms with Crippen LogP contribution in [0.25, 0.3) is 0 Å². The van der Waals surface area contributed by atoms with Gasteiger partial charge in [0.25, 0.3) is 0 Å². The summed E-state index contributed by atoms with van der Waals surface area (Å²) in [4.78, 5) is 16.0. The maximum Gasteiger partial charge on any atom is 0.238 e. The fourth-order valence-electron chi connectivity index (χ4n) is 3.75. The third-order valence-corrected chi connectivity index (χ3v) is 5.74. The minimum absolute atomic E-state index is 0.0256. The van der Waals surface area contributed by atoms with Crippen LogP contribution in [-0.2, 0) is 4.79 Å². The van der Waals surface area contributed by atoms with Gasteiger partial charge in [-0.2, -0.15) is 0 Å². The van der Waals surface area contributed by atoms with Crippen molar-refractivity contribution < 1.29 is 14.3 Å². The van der Waals surface area contributed by atoms with Gasteiger partial charge < -0.3 is 14.8 Å². The molecule has 1 N–H and O–H groups in total. The largest absolute Gasteiger partial charge is 0.486 e. The van der Waals surface area contributed by atoms with Gasteiger partial charge in [0.1, 0.15) is 13.2 Å². The highest BCUT2D eigenvalue weighted by molar-refractivity contribution is 7.98. The van der Waals surface area contributed by atoms with Crippen LogP contribution in [0.2, 0.25) is 0 Å². The van der Waals surface area contributed by atoms with Gasteiger partial charge >= 0.3 is 0 Å². The standard InChI is InChI=1S/C21H24N2O3S/c1-27-17-5-2-4-16(13-17)22-21(24)14-23-9-3-6-18(23)15-7-8-19-20(12-15)26-11-10-25-19/h2,4-5,7-8,12-13,18H,3,6,9-11,14H2,1H3,(H,22,24). The van der Waals surface area contributed by atoms with E-state index in [0.717, 1.165) is 41.5 Å². The number of thioether (sulfide) groups is 1. The summed E-state index contributed by atoms with van der Waals surface area (Å²) in [7, 11) is 0.